The fraction of sp³-hybridized carbons (Fsp3) is 0.385. The molecule has 0 spiro atoms. The Kier molecular flexibility index (Phi) is 3.52. The van der Waals surface area contributed by atoms with E-state index in [9.17, 15) is 9.50 Å². The number of aliphatic hydroxyl groups is 1. The van der Waals surface area contributed by atoms with Crippen LogP contribution in [0.4, 0.5) is 4.39 Å². The van der Waals surface area contributed by atoms with E-state index in [4.69, 9.17) is 11.6 Å². The molecular formula is C13H15ClFNO. The average molecular weight is 256 g/mol. The van der Waals surface area contributed by atoms with Gasteiger partial charge in [-0.05, 0) is 12.5 Å². The number of hydrogen-bond donors (Lipinski definition) is 1. The molecule has 0 bridgehead atoms. The van der Waals surface area contributed by atoms with E-state index in [1.54, 1.807) is 18.2 Å². The number of rotatable bonds is 3. The molecule has 4 heteroatoms. The van der Waals surface area contributed by atoms with Gasteiger partial charge in [-0.25, -0.2) is 4.39 Å². The smallest absolute Gasteiger partial charge is 0.142 e. The Bertz CT molecular complexity index is 437. The van der Waals surface area contributed by atoms with Crippen molar-refractivity contribution in [2.45, 2.75) is 12.0 Å². The van der Waals surface area contributed by atoms with Gasteiger partial charge in [0.2, 0.25) is 0 Å². The Hall–Kier alpha value is -0.900. The van der Waals surface area contributed by atoms with Gasteiger partial charge in [0.15, 0.2) is 0 Å². The van der Waals surface area contributed by atoms with Crippen molar-refractivity contribution < 1.29 is 9.50 Å². The monoisotopic (exact) mass is 255 g/mol. The van der Waals surface area contributed by atoms with Gasteiger partial charge in [-0.2, -0.15) is 0 Å². The van der Waals surface area contributed by atoms with Gasteiger partial charge >= 0.3 is 0 Å². The van der Waals surface area contributed by atoms with Crippen molar-refractivity contribution in [1.29, 1.82) is 0 Å². The zero-order chi connectivity index (χ0) is 12.5. The molecule has 1 heterocycles. The number of nitrogens with zero attached hydrogens (tertiary/aromatic N) is 1. The van der Waals surface area contributed by atoms with Gasteiger partial charge in [-0.15, -0.1) is 6.58 Å². The number of benzene rings is 1. The van der Waals surface area contributed by atoms with Crippen LogP contribution in [-0.4, -0.2) is 29.6 Å². The van der Waals surface area contributed by atoms with Gasteiger partial charge < -0.3 is 5.11 Å². The van der Waals surface area contributed by atoms with Crippen LogP contribution in [0.1, 0.15) is 12.0 Å². The Labute approximate surface area is 105 Å². The molecule has 2 rings (SSSR count). The summed E-state index contributed by atoms with van der Waals surface area (Å²) >= 11 is 5.91. The van der Waals surface area contributed by atoms with Crippen LogP contribution in [0.2, 0.25) is 5.02 Å². The van der Waals surface area contributed by atoms with E-state index in [-0.39, 0.29) is 5.02 Å². The SMILES string of the molecule is C=CCN1CCC(O)(c2cccc(F)c2Cl)C1. The van der Waals surface area contributed by atoms with Gasteiger partial charge in [-0.3, -0.25) is 4.90 Å². The molecule has 1 aromatic rings. The minimum atomic E-state index is -1.05. The second-order valence-corrected chi connectivity index (χ2v) is 4.78. The molecule has 0 aromatic heterocycles. The average Bonchev–Trinajstić information content (AvgIpc) is 2.66. The summed E-state index contributed by atoms with van der Waals surface area (Å²) in [7, 11) is 0. The minimum absolute atomic E-state index is 0.0236. The van der Waals surface area contributed by atoms with Crippen LogP contribution < -0.4 is 0 Å². The van der Waals surface area contributed by atoms with E-state index in [1.165, 1.54) is 6.07 Å². The topological polar surface area (TPSA) is 23.5 Å². The van der Waals surface area contributed by atoms with Gasteiger partial charge in [0.05, 0.1) is 5.02 Å². The zero-order valence-corrected chi connectivity index (χ0v) is 10.3. The lowest BCUT2D eigenvalue weighted by Crippen LogP contribution is -2.31. The highest BCUT2D eigenvalue weighted by atomic mass is 35.5. The highest BCUT2D eigenvalue weighted by Crippen LogP contribution is 2.36. The first-order chi connectivity index (χ1) is 8.07. The number of halogens is 2. The van der Waals surface area contributed by atoms with Crippen LogP contribution in [-0.2, 0) is 5.60 Å². The predicted molar refractivity (Wildman–Crippen MR) is 66.6 cm³/mol. The van der Waals surface area contributed by atoms with Crippen LogP contribution >= 0.6 is 11.6 Å². The van der Waals surface area contributed by atoms with Crippen LogP contribution in [0.5, 0.6) is 0 Å². The summed E-state index contributed by atoms with van der Waals surface area (Å²) in [6, 6.07) is 4.55. The summed E-state index contributed by atoms with van der Waals surface area (Å²) < 4.78 is 13.4. The Morgan fingerprint density at radius 3 is 3.06 bits per heavy atom. The molecule has 0 radical (unpaired) electrons. The lowest BCUT2D eigenvalue weighted by molar-refractivity contribution is 0.0472. The van der Waals surface area contributed by atoms with E-state index < -0.39 is 11.4 Å². The maximum atomic E-state index is 13.4. The van der Waals surface area contributed by atoms with Crippen molar-refractivity contribution in [2.24, 2.45) is 0 Å². The third kappa shape index (κ3) is 2.37. The summed E-state index contributed by atoms with van der Waals surface area (Å²) in [6.45, 7) is 5.60. The molecule has 1 N–H and O–H groups in total. The lowest BCUT2D eigenvalue weighted by Gasteiger charge is -2.24. The van der Waals surface area contributed by atoms with Crippen LogP contribution in [0, 0.1) is 5.82 Å². The number of hydrogen-bond acceptors (Lipinski definition) is 2. The first-order valence-corrected chi connectivity index (χ1v) is 5.95. The lowest BCUT2D eigenvalue weighted by atomic mass is 9.93. The van der Waals surface area contributed by atoms with Crippen LogP contribution in [0.3, 0.4) is 0 Å². The molecule has 0 amide bonds. The Morgan fingerprint density at radius 2 is 2.35 bits per heavy atom. The van der Waals surface area contributed by atoms with Gasteiger partial charge in [0.25, 0.3) is 0 Å². The predicted octanol–water partition coefficient (Wildman–Crippen LogP) is 2.56. The molecule has 1 aromatic carbocycles. The largest absolute Gasteiger partial charge is 0.384 e. The fourth-order valence-electron chi connectivity index (χ4n) is 2.29. The first-order valence-electron chi connectivity index (χ1n) is 5.57. The highest BCUT2D eigenvalue weighted by molar-refractivity contribution is 6.31. The maximum absolute atomic E-state index is 13.4. The molecule has 1 fully saturated rings. The van der Waals surface area contributed by atoms with Crippen molar-refractivity contribution in [1.82, 2.24) is 4.90 Å². The normalized spacial score (nSPS) is 25.1. The van der Waals surface area contributed by atoms with Gasteiger partial charge in [0, 0.05) is 25.2 Å². The zero-order valence-electron chi connectivity index (χ0n) is 9.50. The molecule has 1 atom stereocenters. The van der Waals surface area contributed by atoms with E-state index >= 15 is 0 Å². The van der Waals surface area contributed by atoms with Crippen molar-refractivity contribution >= 4 is 11.6 Å². The molecule has 1 saturated heterocycles. The summed E-state index contributed by atoms with van der Waals surface area (Å²) in [4.78, 5) is 2.06. The number of likely N-dealkylation sites (tertiary alicyclic amines) is 1. The van der Waals surface area contributed by atoms with Crippen molar-refractivity contribution in [3.8, 4) is 0 Å². The Balaban J connectivity index is 2.27. The van der Waals surface area contributed by atoms with E-state index in [1.807, 2.05) is 0 Å². The standard InChI is InChI=1S/C13H15ClFNO/c1-2-7-16-8-6-13(17,9-16)10-4-3-5-11(15)12(10)14/h2-5,17H,1,6-9H2. The molecular weight excluding hydrogens is 241 g/mol. The third-order valence-electron chi connectivity index (χ3n) is 3.17. The fourth-order valence-corrected chi connectivity index (χ4v) is 2.59. The van der Waals surface area contributed by atoms with Gasteiger partial charge in [0.1, 0.15) is 11.4 Å². The summed E-state index contributed by atoms with van der Waals surface area (Å²) in [5.41, 5.74) is -0.576. The molecule has 0 saturated carbocycles. The molecule has 1 aliphatic rings. The van der Waals surface area contributed by atoms with Crippen molar-refractivity contribution in [2.75, 3.05) is 19.6 Å². The molecule has 0 aliphatic carbocycles. The first kappa shape index (κ1) is 12.6. The minimum Gasteiger partial charge on any atom is -0.384 e. The second kappa shape index (κ2) is 4.77. The second-order valence-electron chi connectivity index (χ2n) is 4.41. The third-order valence-corrected chi connectivity index (χ3v) is 3.55. The summed E-state index contributed by atoms with van der Waals surface area (Å²) in [5.74, 6) is -0.486. The summed E-state index contributed by atoms with van der Waals surface area (Å²) in [6.07, 6.45) is 2.35. The molecule has 1 unspecified atom stereocenters. The molecule has 1 aliphatic heterocycles. The van der Waals surface area contributed by atoms with Crippen LogP contribution in [0.15, 0.2) is 30.9 Å². The van der Waals surface area contributed by atoms with Crippen molar-refractivity contribution in [3.63, 3.8) is 0 Å². The Morgan fingerprint density at radius 1 is 1.59 bits per heavy atom. The number of β-amino-alcohol motifs (C(OH)–C–C–N with tert-alkyl or cyclic N) is 1. The van der Waals surface area contributed by atoms with E-state index in [0.29, 0.717) is 18.5 Å². The maximum Gasteiger partial charge on any atom is 0.142 e. The van der Waals surface area contributed by atoms with Crippen LogP contribution in [0.25, 0.3) is 0 Å². The molecule has 2 nitrogen and oxygen atoms in total. The summed E-state index contributed by atoms with van der Waals surface area (Å²) in [5, 5.41) is 10.6. The quantitative estimate of drug-likeness (QED) is 0.840. The van der Waals surface area contributed by atoms with E-state index in [0.717, 1.165) is 13.1 Å². The van der Waals surface area contributed by atoms with Crippen molar-refractivity contribution in [3.05, 3.63) is 47.3 Å². The molecule has 17 heavy (non-hydrogen) atoms. The van der Waals surface area contributed by atoms with E-state index in [2.05, 4.69) is 11.5 Å². The molecule has 92 valence electrons. The highest BCUT2D eigenvalue weighted by Gasteiger charge is 2.39. The van der Waals surface area contributed by atoms with Gasteiger partial charge in [-0.1, -0.05) is 29.8 Å².